The van der Waals surface area contributed by atoms with Gasteiger partial charge in [-0.2, -0.15) is 0 Å². The number of benzene rings is 1. The number of carboxylic acid groups (broad SMARTS) is 1. The zero-order valence-electron chi connectivity index (χ0n) is 11.6. The van der Waals surface area contributed by atoms with Crippen LogP contribution in [0.5, 0.6) is 0 Å². The third-order valence-corrected chi connectivity index (χ3v) is 3.67. The highest BCUT2D eigenvalue weighted by Crippen LogP contribution is 2.29. The summed E-state index contributed by atoms with van der Waals surface area (Å²) in [4.78, 5) is 13.3. The lowest BCUT2D eigenvalue weighted by molar-refractivity contribution is -0.183. The highest BCUT2D eigenvalue weighted by Gasteiger charge is 2.46. The van der Waals surface area contributed by atoms with Crippen molar-refractivity contribution in [2.24, 2.45) is 5.41 Å². The second kappa shape index (κ2) is 5.72. The maximum Gasteiger partial charge on any atom is 0.315 e. The first-order chi connectivity index (χ1) is 9.05. The number of aryl methyl sites for hydroxylation is 1. The Bertz CT molecular complexity index is 437. The lowest BCUT2D eigenvalue weighted by Gasteiger charge is -2.40. The van der Waals surface area contributed by atoms with E-state index in [0.717, 1.165) is 13.0 Å². The molecule has 4 nitrogen and oxygen atoms in total. The van der Waals surface area contributed by atoms with Crippen LogP contribution >= 0.6 is 0 Å². The molecule has 1 aromatic carbocycles. The molecule has 2 rings (SSSR count). The minimum atomic E-state index is -0.757. The smallest absolute Gasteiger partial charge is 0.315 e. The van der Waals surface area contributed by atoms with Gasteiger partial charge in [-0.3, -0.25) is 4.79 Å². The number of nitrogens with zero attached hydrogens (tertiary/aromatic N) is 1. The van der Waals surface area contributed by atoms with E-state index in [1.807, 2.05) is 7.05 Å². The molecule has 104 valence electrons. The molecule has 1 aliphatic rings. The van der Waals surface area contributed by atoms with Crippen LogP contribution in [0.2, 0.25) is 0 Å². The first-order valence-corrected chi connectivity index (χ1v) is 6.63. The van der Waals surface area contributed by atoms with Crippen molar-refractivity contribution in [3.8, 4) is 0 Å². The average molecular weight is 263 g/mol. The molecule has 0 amide bonds. The van der Waals surface area contributed by atoms with Crippen molar-refractivity contribution in [2.75, 3.05) is 26.8 Å². The topological polar surface area (TPSA) is 49.8 Å². The fraction of sp³-hybridized carbons (Fsp3) is 0.533. The summed E-state index contributed by atoms with van der Waals surface area (Å²) in [6.45, 7) is 4.06. The second-order valence-electron chi connectivity index (χ2n) is 5.42. The van der Waals surface area contributed by atoms with Gasteiger partial charge in [0, 0.05) is 13.1 Å². The zero-order valence-corrected chi connectivity index (χ0v) is 11.6. The first-order valence-electron chi connectivity index (χ1n) is 6.63. The van der Waals surface area contributed by atoms with E-state index in [1.165, 1.54) is 11.1 Å². The standard InChI is InChI=1S/C15H21NO3/c1-3-12-4-6-13(7-5-12)8-16(2)9-15(14(17)18)10-19-11-15/h4-7H,3,8-11H2,1-2H3,(H,17,18). The Labute approximate surface area is 114 Å². The van der Waals surface area contributed by atoms with E-state index in [9.17, 15) is 9.90 Å². The van der Waals surface area contributed by atoms with E-state index in [-0.39, 0.29) is 0 Å². The minimum absolute atomic E-state index is 0.321. The SMILES string of the molecule is CCc1ccc(CN(C)CC2(C(=O)O)COC2)cc1. The van der Waals surface area contributed by atoms with Crippen LogP contribution in [0.1, 0.15) is 18.1 Å². The summed E-state index contributed by atoms with van der Waals surface area (Å²) >= 11 is 0. The molecule has 0 saturated carbocycles. The maximum atomic E-state index is 11.3. The molecule has 0 spiro atoms. The van der Waals surface area contributed by atoms with E-state index >= 15 is 0 Å². The van der Waals surface area contributed by atoms with Gasteiger partial charge in [0.25, 0.3) is 0 Å². The molecule has 0 bridgehead atoms. The molecular weight excluding hydrogens is 242 g/mol. The fourth-order valence-corrected chi connectivity index (χ4v) is 2.40. The number of carboxylic acids is 1. The quantitative estimate of drug-likeness (QED) is 0.850. The lowest BCUT2D eigenvalue weighted by Crippen LogP contribution is -2.55. The van der Waals surface area contributed by atoms with Gasteiger partial charge >= 0.3 is 5.97 Å². The molecule has 4 heteroatoms. The van der Waals surface area contributed by atoms with Crippen molar-refractivity contribution in [3.05, 3.63) is 35.4 Å². The zero-order chi connectivity index (χ0) is 13.9. The van der Waals surface area contributed by atoms with Gasteiger partial charge in [0.05, 0.1) is 13.2 Å². The van der Waals surface area contributed by atoms with Gasteiger partial charge in [0.2, 0.25) is 0 Å². The van der Waals surface area contributed by atoms with Crippen LogP contribution in [0.3, 0.4) is 0 Å². The van der Waals surface area contributed by atoms with Crippen molar-refractivity contribution < 1.29 is 14.6 Å². The van der Waals surface area contributed by atoms with Gasteiger partial charge in [0.1, 0.15) is 5.41 Å². The minimum Gasteiger partial charge on any atom is -0.481 e. The number of rotatable bonds is 6. The van der Waals surface area contributed by atoms with Gasteiger partial charge < -0.3 is 14.7 Å². The van der Waals surface area contributed by atoms with Crippen molar-refractivity contribution in [2.45, 2.75) is 19.9 Å². The van der Waals surface area contributed by atoms with Crippen LogP contribution in [-0.4, -0.2) is 42.8 Å². The van der Waals surface area contributed by atoms with Gasteiger partial charge in [-0.25, -0.2) is 0 Å². The Morgan fingerprint density at radius 1 is 1.32 bits per heavy atom. The average Bonchev–Trinajstić information content (AvgIpc) is 2.34. The normalized spacial score (nSPS) is 17.2. The van der Waals surface area contributed by atoms with Gasteiger partial charge in [-0.1, -0.05) is 31.2 Å². The third kappa shape index (κ3) is 3.14. The number of carbonyl (C=O) groups is 1. The Hall–Kier alpha value is -1.39. The molecule has 0 aliphatic carbocycles. The summed E-state index contributed by atoms with van der Waals surface area (Å²) in [5.41, 5.74) is 1.82. The molecular formula is C15H21NO3. The number of ether oxygens (including phenoxy) is 1. The van der Waals surface area contributed by atoms with Crippen LogP contribution < -0.4 is 0 Å². The van der Waals surface area contributed by atoms with Crippen LogP contribution in [0.15, 0.2) is 24.3 Å². The van der Waals surface area contributed by atoms with Crippen LogP contribution in [0.25, 0.3) is 0 Å². The van der Waals surface area contributed by atoms with Crippen LogP contribution in [0.4, 0.5) is 0 Å². The number of aliphatic carboxylic acids is 1. The Kier molecular flexibility index (Phi) is 4.22. The van der Waals surface area contributed by atoms with E-state index in [1.54, 1.807) is 0 Å². The molecule has 1 heterocycles. The highest BCUT2D eigenvalue weighted by molar-refractivity contribution is 5.76. The molecule has 1 fully saturated rings. The van der Waals surface area contributed by atoms with Crippen molar-refractivity contribution in [3.63, 3.8) is 0 Å². The molecule has 0 radical (unpaired) electrons. The van der Waals surface area contributed by atoms with Gasteiger partial charge in [-0.15, -0.1) is 0 Å². The Morgan fingerprint density at radius 2 is 1.89 bits per heavy atom. The summed E-state index contributed by atoms with van der Waals surface area (Å²) in [6.07, 6.45) is 1.04. The predicted octanol–water partition coefficient (Wildman–Crippen LogP) is 1.78. The Morgan fingerprint density at radius 3 is 2.32 bits per heavy atom. The molecule has 1 aliphatic heterocycles. The van der Waals surface area contributed by atoms with Crippen molar-refractivity contribution in [1.82, 2.24) is 4.90 Å². The predicted molar refractivity (Wildman–Crippen MR) is 73.0 cm³/mol. The first kappa shape index (κ1) is 14.0. The van der Waals surface area contributed by atoms with E-state index < -0.39 is 11.4 Å². The van der Waals surface area contributed by atoms with Crippen molar-refractivity contribution in [1.29, 1.82) is 0 Å². The van der Waals surface area contributed by atoms with Crippen LogP contribution in [0, 0.1) is 5.41 Å². The molecule has 0 atom stereocenters. The molecule has 0 aromatic heterocycles. The molecule has 1 aromatic rings. The van der Waals surface area contributed by atoms with E-state index in [0.29, 0.717) is 19.8 Å². The summed E-state index contributed by atoms with van der Waals surface area (Å²) < 4.78 is 5.07. The van der Waals surface area contributed by atoms with Crippen molar-refractivity contribution >= 4 is 5.97 Å². The largest absolute Gasteiger partial charge is 0.481 e. The fourth-order valence-electron chi connectivity index (χ4n) is 2.40. The highest BCUT2D eigenvalue weighted by atomic mass is 16.5. The van der Waals surface area contributed by atoms with Crippen LogP contribution in [-0.2, 0) is 22.5 Å². The molecule has 1 N–H and O–H groups in total. The molecule has 19 heavy (non-hydrogen) atoms. The lowest BCUT2D eigenvalue weighted by atomic mass is 9.85. The van der Waals surface area contributed by atoms with Gasteiger partial charge in [-0.05, 0) is 24.6 Å². The van der Waals surface area contributed by atoms with E-state index in [4.69, 9.17) is 4.74 Å². The molecule has 0 unspecified atom stereocenters. The van der Waals surface area contributed by atoms with E-state index in [2.05, 4.69) is 36.1 Å². The summed E-state index contributed by atoms with van der Waals surface area (Å²) in [5, 5.41) is 9.26. The molecule has 1 saturated heterocycles. The monoisotopic (exact) mass is 263 g/mol. The number of hydrogen-bond donors (Lipinski definition) is 1. The second-order valence-corrected chi connectivity index (χ2v) is 5.42. The number of hydrogen-bond acceptors (Lipinski definition) is 3. The maximum absolute atomic E-state index is 11.3. The van der Waals surface area contributed by atoms with Gasteiger partial charge in [0.15, 0.2) is 0 Å². The summed E-state index contributed by atoms with van der Waals surface area (Å²) in [6, 6.07) is 8.48. The summed E-state index contributed by atoms with van der Waals surface area (Å²) in [5.74, 6) is -0.757. The Balaban J connectivity index is 1.93. The third-order valence-electron chi connectivity index (χ3n) is 3.67. The summed E-state index contributed by atoms with van der Waals surface area (Å²) in [7, 11) is 1.96.